The summed E-state index contributed by atoms with van der Waals surface area (Å²) in [4.78, 5) is 4.60. The molecular weight excluding hydrogens is 270 g/mol. The Morgan fingerprint density at radius 2 is 2.10 bits per heavy atom. The number of nitrogens with zero attached hydrogens (tertiary/aromatic N) is 1. The minimum absolute atomic E-state index is 0.0785. The molecule has 1 aromatic heterocycles. The van der Waals surface area contributed by atoms with E-state index in [1.165, 1.54) is 0 Å². The van der Waals surface area contributed by atoms with Crippen molar-refractivity contribution in [3.63, 3.8) is 0 Å². The Hall–Kier alpha value is -1.39. The van der Waals surface area contributed by atoms with Gasteiger partial charge in [0.2, 0.25) is 0 Å². The van der Waals surface area contributed by atoms with Crippen molar-refractivity contribution in [2.75, 3.05) is 0 Å². The summed E-state index contributed by atoms with van der Waals surface area (Å²) >= 11 is 1.67. The SMILES string of the molecule is CC(O)c1cccc(OCc2csc(C(C)(C)C)n2)c1. The van der Waals surface area contributed by atoms with Crippen LogP contribution >= 0.6 is 11.3 Å². The van der Waals surface area contributed by atoms with Gasteiger partial charge in [-0.3, -0.25) is 0 Å². The van der Waals surface area contributed by atoms with Crippen LogP contribution in [0.3, 0.4) is 0 Å². The Morgan fingerprint density at radius 3 is 2.70 bits per heavy atom. The maximum absolute atomic E-state index is 9.56. The van der Waals surface area contributed by atoms with E-state index in [1.807, 2.05) is 29.6 Å². The molecule has 0 saturated carbocycles. The predicted molar refractivity (Wildman–Crippen MR) is 82.2 cm³/mol. The molecule has 4 heteroatoms. The second-order valence-corrected chi connectivity index (χ2v) is 6.79. The van der Waals surface area contributed by atoms with Crippen molar-refractivity contribution < 1.29 is 9.84 Å². The number of aromatic nitrogens is 1. The Labute approximate surface area is 124 Å². The van der Waals surface area contributed by atoms with Crippen molar-refractivity contribution >= 4 is 11.3 Å². The predicted octanol–water partition coefficient (Wildman–Crippen LogP) is 4.07. The third kappa shape index (κ3) is 3.81. The Kier molecular flexibility index (Phi) is 4.45. The van der Waals surface area contributed by atoms with Crippen LogP contribution in [0.2, 0.25) is 0 Å². The van der Waals surface area contributed by atoms with Crippen molar-refractivity contribution in [3.05, 3.63) is 45.9 Å². The van der Waals surface area contributed by atoms with Gasteiger partial charge in [-0.1, -0.05) is 32.9 Å². The first kappa shape index (κ1) is 15.0. The second-order valence-electron chi connectivity index (χ2n) is 5.93. The van der Waals surface area contributed by atoms with Crippen LogP contribution in [0.25, 0.3) is 0 Å². The number of aliphatic hydroxyl groups is 1. The van der Waals surface area contributed by atoms with Gasteiger partial charge in [-0.2, -0.15) is 0 Å². The molecule has 3 nitrogen and oxygen atoms in total. The van der Waals surface area contributed by atoms with E-state index in [2.05, 4.69) is 25.8 Å². The molecule has 108 valence electrons. The van der Waals surface area contributed by atoms with Crippen molar-refractivity contribution in [1.82, 2.24) is 4.98 Å². The van der Waals surface area contributed by atoms with Gasteiger partial charge in [0.15, 0.2) is 0 Å². The lowest BCUT2D eigenvalue weighted by molar-refractivity contribution is 0.198. The normalized spacial score (nSPS) is 13.2. The van der Waals surface area contributed by atoms with Gasteiger partial charge in [0, 0.05) is 10.8 Å². The number of benzene rings is 1. The summed E-state index contributed by atoms with van der Waals surface area (Å²) in [5.74, 6) is 0.758. The summed E-state index contributed by atoms with van der Waals surface area (Å²) in [6.45, 7) is 8.67. The number of ether oxygens (including phenoxy) is 1. The largest absolute Gasteiger partial charge is 0.487 e. The zero-order valence-corrected chi connectivity index (χ0v) is 13.2. The zero-order chi connectivity index (χ0) is 14.8. The van der Waals surface area contributed by atoms with E-state index in [1.54, 1.807) is 18.3 Å². The summed E-state index contributed by atoms with van der Waals surface area (Å²) in [5, 5.41) is 12.7. The molecule has 20 heavy (non-hydrogen) atoms. The highest BCUT2D eigenvalue weighted by atomic mass is 32.1. The zero-order valence-electron chi connectivity index (χ0n) is 12.4. The number of rotatable bonds is 4. The number of hydrogen-bond donors (Lipinski definition) is 1. The van der Waals surface area contributed by atoms with E-state index in [4.69, 9.17) is 4.74 Å². The highest BCUT2D eigenvalue weighted by Crippen LogP contribution is 2.26. The monoisotopic (exact) mass is 291 g/mol. The third-order valence-electron chi connectivity index (χ3n) is 2.92. The van der Waals surface area contributed by atoms with E-state index in [9.17, 15) is 5.11 Å². The van der Waals surface area contributed by atoms with Gasteiger partial charge < -0.3 is 9.84 Å². The van der Waals surface area contributed by atoms with Crippen LogP contribution in [-0.2, 0) is 12.0 Å². The lowest BCUT2D eigenvalue weighted by Crippen LogP contribution is -2.10. The summed E-state index contributed by atoms with van der Waals surface area (Å²) in [6, 6.07) is 7.53. The topological polar surface area (TPSA) is 42.4 Å². The van der Waals surface area contributed by atoms with E-state index in [0.29, 0.717) is 6.61 Å². The van der Waals surface area contributed by atoms with Crippen LogP contribution in [0.5, 0.6) is 5.75 Å². The van der Waals surface area contributed by atoms with Gasteiger partial charge in [-0.15, -0.1) is 11.3 Å². The quantitative estimate of drug-likeness (QED) is 0.923. The molecule has 0 fully saturated rings. The Balaban J connectivity index is 2.02. The molecule has 0 aliphatic carbocycles. The number of hydrogen-bond acceptors (Lipinski definition) is 4. The van der Waals surface area contributed by atoms with E-state index < -0.39 is 6.10 Å². The van der Waals surface area contributed by atoms with Gasteiger partial charge in [0.1, 0.15) is 12.4 Å². The molecule has 1 atom stereocenters. The Morgan fingerprint density at radius 1 is 1.35 bits per heavy atom. The van der Waals surface area contributed by atoms with Gasteiger partial charge in [-0.25, -0.2) is 4.98 Å². The molecule has 2 aromatic rings. The second kappa shape index (κ2) is 5.94. The van der Waals surface area contributed by atoms with Crippen molar-refractivity contribution in [2.24, 2.45) is 0 Å². The fourth-order valence-electron chi connectivity index (χ4n) is 1.74. The average molecular weight is 291 g/mol. The van der Waals surface area contributed by atoms with Gasteiger partial charge >= 0.3 is 0 Å². The maximum atomic E-state index is 9.56. The maximum Gasteiger partial charge on any atom is 0.131 e. The molecule has 0 radical (unpaired) electrons. The van der Waals surface area contributed by atoms with Crippen LogP contribution in [0.4, 0.5) is 0 Å². The van der Waals surface area contributed by atoms with E-state index in [0.717, 1.165) is 22.0 Å². The lowest BCUT2D eigenvalue weighted by atomic mass is 9.98. The van der Waals surface area contributed by atoms with Crippen LogP contribution in [0.1, 0.15) is 50.1 Å². The molecule has 0 amide bonds. The van der Waals surface area contributed by atoms with Gasteiger partial charge in [-0.05, 0) is 24.6 Å². The molecule has 1 N–H and O–H groups in total. The standard InChI is InChI=1S/C16H21NO2S/c1-11(18)12-6-5-7-14(8-12)19-9-13-10-20-15(17-13)16(2,3)4/h5-8,10-11,18H,9H2,1-4H3. The molecule has 1 heterocycles. The first-order valence-corrected chi connectivity index (χ1v) is 7.60. The van der Waals surface area contributed by atoms with Crippen molar-refractivity contribution in [3.8, 4) is 5.75 Å². The summed E-state index contributed by atoms with van der Waals surface area (Å²) in [6.07, 6.45) is -0.481. The summed E-state index contributed by atoms with van der Waals surface area (Å²) in [7, 11) is 0. The van der Waals surface area contributed by atoms with Crippen LogP contribution < -0.4 is 4.74 Å². The minimum Gasteiger partial charge on any atom is -0.487 e. The molecule has 2 rings (SSSR count). The molecule has 0 bridgehead atoms. The number of aliphatic hydroxyl groups excluding tert-OH is 1. The minimum atomic E-state index is -0.481. The van der Waals surface area contributed by atoms with E-state index in [-0.39, 0.29) is 5.41 Å². The molecule has 1 aromatic carbocycles. The van der Waals surface area contributed by atoms with Gasteiger partial charge in [0.25, 0.3) is 0 Å². The third-order valence-corrected chi connectivity index (χ3v) is 4.24. The molecule has 0 aliphatic rings. The smallest absolute Gasteiger partial charge is 0.131 e. The highest BCUT2D eigenvalue weighted by Gasteiger charge is 2.18. The number of thiazole rings is 1. The van der Waals surface area contributed by atoms with Crippen LogP contribution in [0.15, 0.2) is 29.6 Å². The Bertz CT molecular complexity index is 570. The van der Waals surface area contributed by atoms with E-state index >= 15 is 0 Å². The fourth-order valence-corrected chi connectivity index (χ4v) is 2.63. The van der Waals surface area contributed by atoms with Crippen molar-refractivity contribution in [2.45, 2.75) is 45.8 Å². The first-order chi connectivity index (χ1) is 9.36. The molecule has 1 unspecified atom stereocenters. The first-order valence-electron chi connectivity index (χ1n) is 6.72. The average Bonchev–Trinajstić information content (AvgIpc) is 2.85. The summed E-state index contributed by atoms with van der Waals surface area (Å²) < 4.78 is 5.74. The van der Waals surface area contributed by atoms with Crippen LogP contribution in [-0.4, -0.2) is 10.1 Å². The molecule has 0 aliphatic heterocycles. The summed E-state index contributed by atoms with van der Waals surface area (Å²) in [5.41, 5.74) is 1.88. The van der Waals surface area contributed by atoms with Crippen LogP contribution in [0, 0.1) is 0 Å². The molecule has 0 saturated heterocycles. The highest BCUT2D eigenvalue weighted by molar-refractivity contribution is 7.09. The van der Waals surface area contributed by atoms with Crippen molar-refractivity contribution in [1.29, 1.82) is 0 Å². The fraction of sp³-hybridized carbons (Fsp3) is 0.438. The lowest BCUT2D eigenvalue weighted by Gasteiger charge is -2.13. The van der Waals surface area contributed by atoms with Gasteiger partial charge in [0.05, 0.1) is 16.8 Å². The molecule has 0 spiro atoms. The molecular formula is C16H21NO2S.